The molecule has 10 heteroatoms. The number of hydrogen-bond donors (Lipinski definition) is 1. The van der Waals surface area contributed by atoms with Gasteiger partial charge >= 0.3 is 0 Å². The SMILES string of the molecule is Cc1onc(N)c1S(=O)(=O)N1CCC(F)(c2cc(F)cc(F)c2)C1. The van der Waals surface area contributed by atoms with Crippen molar-refractivity contribution in [3.05, 3.63) is 41.2 Å². The molecule has 0 spiro atoms. The largest absolute Gasteiger partial charge is 0.380 e. The molecule has 0 radical (unpaired) electrons. The molecule has 2 heterocycles. The van der Waals surface area contributed by atoms with Gasteiger partial charge in [-0.3, -0.25) is 0 Å². The van der Waals surface area contributed by atoms with Crippen molar-refractivity contribution in [1.29, 1.82) is 0 Å². The summed E-state index contributed by atoms with van der Waals surface area (Å²) in [5.74, 6) is -2.19. The second-order valence-electron chi connectivity index (χ2n) is 5.67. The van der Waals surface area contributed by atoms with Gasteiger partial charge in [0.25, 0.3) is 0 Å². The van der Waals surface area contributed by atoms with E-state index in [-0.39, 0.29) is 35.0 Å². The van der Waals surface area contributed by atoms with E-state index >= 15 is 4.39 Å². The highest BCUT2D eigenvalue weighted by molar-refractivity contribution is 7.89. The molecule has 0 amide bonds. The quantitative estimate of drug-likeness (QED) is 0.904. The van der Waals surface area contributed by atoms with Crippen LogP contribution < -0.4 is 5.73 Å². The van der Waals surface area contributed by atoms with Gasteiger partial charge in [0.05, 0.1) is 6.54 Å². The predicted octanol–water partition coefficient (Wildman–Crippen LogP) is 2.10. The molecule has 1 saturated heterocycles. The van der Waals surface area contributed by atoms with Crippen LogP contribution in [0.5, 0.6) is 0 Å². The molecule has 1 atom stereocenters. The molecule has 2 N–H and O–H groups in total. The zero-order chi connectivity index (χ0) is 17.7. The summed E-state index contributed by atoms with van der Waals surface area (Å²) in [4.78, 5) is -0.322. The van der Waals surface area contributed by atoms with Crippen LogP contribution in [-0.2, 0) is 15.7 Å². The van der Waals surface area contributed by atoms with Crippen molar-refractivity contribution in [1.82, 2.24) is 9.46 Å². The fraction of sp³-hybridized carbons (Fsp3) is 0.357. The average molecular weight is 361 g/mol. The molecule has 0 aliphatic carbocycles. The monoisotopic (exact) mass is 361 g/mol. The maximum Gasteiger partial charge on any atom is 0.250 e. The average Bonchev–Trinajstić information content (AvgIpc) is 3.03. The molecular formula is C14H14F3N3O3S. The van der Waals surface area contributed by atoms with Gasteiger partial charge in [0, 0.05) is 19.0 Å². The normalized spacial score (nSPS) is 22.2. The van der Waals surface area contributed by atoms with Gasteiger partial charge in [0.1, 0.15) is 11.6 Å². The van der Waals surface area contributed by atoms with E-state index in [9.17, 15) is 17.2 Å². The Morgan fingerprint density at radius 3 is 2.46 bits per heavy atom. The molecule has 24 heavy (non-hydrogen) atoms. The van der Waals surface area contributed by atoms with Crippen LogP contribution in [0.4, 0.5) is 19.0 Å². The van der Waals surface area contributed by atoms with E-state index in [1.807, 2.05) is 0 Å². The van der Waals surface area contributed by atoms with Crippen LogP contribution in [0, 0.1) is 18.6 Å². The van der Waals surface area contributed by atoms with Crippen LogP contribution in [0.15, 0.2) is 27.6 Å². The van der Waals surface area contributed by atoms with Gasteiger partial charge in [0.2, 0.25) is 10.0 Å². The first-order valence-corrected chi connectivity index (χ1v) is 8.45. The van der Waals surface area contributed by atoms with Crippen LogP contribution in [0.2, 0.25) is 0 Å². The van der Waals surface area contributed by atoms with Crippen molar-refractivity contribution >= 4 is 15.8 Å². The Kier molecular flexibility index (Phi) is 3.83. The topological polar surface area (TPSA) is 89.4 Å². The summed E-state index contributed by atoms with van der Waals surface area (Å²) in [5.41, 5.74) is 3.07. The number of benzene rings is 1. The third kappa shape index (κ3) is 2.65. The molecule has 3 rings (SSSR count). The predicted molar refractivity (Wildman–Crippen MR) is 78.2 cm³/mol. The highest BCUT2D eigenvalue weighted by Gasteiger charge is 2.46. The number of aromatic nitrogens is 1. The molecule has 1 aromatic carbocycles. The minimum absolute atomic E-state index is 0.0133. The van der Waals surface area contributed by atoms with E-state index in [2.05, 4.69) is 5.16 Å². The Bertz CT molecular complexity index is 860. The third-order valence-corrected chi connectivity index (χ3v) is 6.00. The smallest absolute Gasteiger partial charge is 0.250 e. The van der Waals surface area contributed by atoms with Gasteiger partial charge in [-0.05, 0) is 24.6 Å². The Balaban J connectivity index is 1.95. The summed E-state index contributed by atoms with van der Waals surface area (Å²) in [6, 6.07) is 2.34. The molecule has 1 fully saturated rings. The molecule has 1 aliphatic rings. The number of aryl methyl sites for hydroxylation is 1. The van der Waals surface area contributed by atoms with E-state index < -0.39 is 33.9 Å². The standard InChI is InChI=1S/C14H14F3N3O3S/c1-8-12(13(18)19-23-8)24(21,22)20-3-2-14(17,7-20)9-4-10(15)6-11(16)5-9/h4-6H,2-3,7H2,1H3,(H2,18,19). The van der Waals surface area contributed by atoms with E-state index in [1.165, 1.54) is 6.92 Å². The molecular weight excluding hydrogens is 347 g/mol. The van der Waals surface area contributed by atoms with Crippen LogP contribution >= 0.6 is 0 Å². The van der Waals surface area contributed by atoms with Crippen LogP contribution in [0.25, 0.3) is 0 Å². The summed E-state index contributed by atoms with van der Waals surface area (Å²) in [5, 5.41) is 3.38. The van der Waals surface area contributed by atoms with Gasteiger partial charge in [-0.1, -0.05) is 5.16 Å². The maximum atomic E-state index is 15.1. The van der Waals surface area contributed by atoms with Gasteiger partial charge < -0.3 is 10.3 Å². The summed E-state index contributed by atoms with van der Waals surface area (Å²) in [6.07, 6.45) is -0.237. The van der Waals surface area contributed by atoms with Crippen LogP contribution in [0.1, 0.15) is 17.7 Å². The zero-order valence-electron chi connectivity index (χ0n) is 12.6. The van der Waals surface area contributed by atoms with Crippen molar-refractivity contribution in [2.24, 2.45) is 0 Å². The first kappa shape index (κ1) is 16.8. The molecule has 0 saturated carbocycles. The Hall–Kier alpha value is -2.07. The van der Waals surface area contributed by atoms with Crippen molar-refractivity contribution in [2.45, 2.75) is 23.9 Å². The molecule has 130 valence electrons. The number of nitrogens with two attached hydrogens (primary N) is 1. The number of sulfonamides is 1. The van der Waals surface area contributed by atoms with Crippen molar-refractivity contribution < 1.29 is 26.1 Å². The summed E-state index contributed by atoms with van der Waals surface area (Å²) >= 11 is 0. The van der Waals surface area contributed by atoms with Gasteiger partial charge in [-0.25, -0.2) is 21.6 Å². The minimum Gasteiger partial charge on any atom is -0.380 e. The number of rotatable bonds is 3. The molecule has 1 unspecified atom stereocenters. The van der Waals surface area contributed by atoms with Gasteiger partial charge in [-0.15, -0.1) is 0 Å². The lowest BCUT2D eigenvalue weighted by atomic mass is 9.95. The highest BCUT2D eigenvalue weighted by atomic mass is 32.2. The maximum absolute atomic E-state index is 15.1. The molecule has 1 aliphatic heterocycles. The lowest BCUT2D eigenvalue weighted by Gasteiger charge is -2.21. The van der Waals surface area contributed by atoms with Crippen molar-refractivity contribution in [2.75, 3.05) is 18.8 Å². The minimum atomic E-state index is -4.13. The number of nitrogens with zero attached hydrogens (tertiary/aromatic N) is 2. The molecule has 6 nitrogen and oxygen atoms in total. The number of hydrogen-bond acceptors (Lipinski definition) is 5. The Morgan fingerprint density at radius 2 is 1.92 bits per heavy atom. The summed E-state index contributed by atoms with van der Waals surface area (Å²) < 4.78 is 72.6. The fourth-order valence-corrected chi connectivity index (χ4v) is 4.48. The molecule has 2 aromatic rings. The molecule has 1 aromatic heterocycles. The number of anilines is 1. The van der Waals surface area contributed by atoms with E-state index in [1.54, 1.807) is 0 Å². The Labute approximate surface area is 136 Å². The highest BCUT2D eigenvalue weighted by Crippen LogP contribution is 2.40. The van der Waals surface area contributed by atoms with Gasteiger partial charge in [-0.2, -0.15) is 4.31 Å². The first-order valence-electron chi connectivity index (χ1n) is 7.01. The van der Waals surface area contributed by atoms with Gasteiger partial charge in [0.15, 0.2) is 22.1 Å². The Morgan fingerprint density at radius 1 is 1.29 bits per heavy atom. The van der Waals surface area contributed by atoms with E-state index in [0.29, 0.717) is 6.07 Å². The summed E-state index contributed by atoms with van der Waals surface area (Å²) in [7, 11) is -4.13. The number of nitrogen functional groups attached to an aromatic ring is 1. The summed E-state index contributed by atoms with van der Waals surface area (Å²) in [6.45, 7) is 0.625. The second kappa shape index (κ2) is 5.49. The number of halogens is 3. The van der Waals surface area contributed by atoms with Crippen molar-refractivity contribution in [3.63, 3.8) is 0 Å². The first-order chi connectivity index (χ1) is 11.1. The number of alkyl halides is 1. The van der Waals surface area contributed by atoms with E-state index in [4.69, 9.17) is 10.3 Å². The fourth-order valence-electron chi connectivity index (χ4n) is 2.82. The third-order valence-electron chi connectivity index (χ3n) is 4.00. The second-order valence-corrected chi connectivity index (χ2v) is 7.54. The van der Waals surface area contributed by atoms with E-state index in [0.717, 1.165) is 16.4 Å². The van der Waals surface area contributed by atoms with Crippen LogP contribution in [-0.4, -0.2) is 31.0 Å². The van der Waals surface area contributed by atoms with Crippen LogP contribution in [0.3, 0.4) is 0 Å². The lowest BCUT2D eigenvalue weighted by molar-refractivity contribution is 0.182. The molecule has 0 bridgehead atoms. The van der Waals surface area contributed by atoms with Crippen molar-refractivity contribution in [3.8, 4) is 0 Å². The lowest BCUT2D eigenvalue weighted by Crippen LogP contribution is -2.33. The zero-order valence-corrected chi connectivity index (χ0v) is 13.4.